The molecular formula is C11H16N4O2. The van der Waals surface area contributed by atoms with E-state index in [-0.39, 0.29) is 0 Å². The molecular weight excluding hydrogens is 220 g/mol. The van der Waals surface area contributed by atoms with Gasteiger partial charge in [-0.3, -0.25) is 15.0 Å². The van der Waals surface area contributed by atoms with Gasteiger partial charge in [-0.05, 0) is 18.6 Å². The highest BCUT2D eigenvalue weighted by Gasteiger charge is 2.19. The highest BCUT2D eigenvalue weighted by Crippen LogP contribution is 2.10. The van der Waals surface area contributed by atoms with E-state index in [2.05, 4.69) is 5.32 Å². The Morgan fingerprint density at radius 3 is 2.53 bits per heavy atom. The summed E-state index contributed by atoms with van der Waals surface area (Å²) in [4.78, 5) is 23.2. The van der Waals surface area contributed by atoms with Gasteiger partial charge in [0.25, 0.3) is 11.8 Å². The van der Waals surface area contributed by atoms with Gasteiger partial charge in [-0.2, -0.15) is 0 Å². The molecule has 1 rings (SSSR count). The minimum Gasteiger partial charge on any atom is -0.398 e. The van der Waals surface area contributed by atoms with Crippen molar-refractivity contribution in [3.05, 3.63) is 29.8 Å². The lowest BCUT2D eigenvalue weighted by Crippen LogP contribution is -2.48. The summed E-state index contributed by atoms with van der Waals surface area (Å²) in [6.45, 7) is 1.77. The van der Waals surface area contributed by atoms with Crippen LogP contribution in [0, 0.1) is 0 Å². The fourth-order valence-electron chi connectivity index (χ4n) is 1.39. The fourth-order valence-corrected chi connectivity index (χ4v) is 1.39. The van der Waals surface area contributed by atoms with Gasteiger partial charge in [-0.15, -0.1) is 0 Å². The lowest BCUT2D eigenvalue weighted by Gasteiger charge is -2.15. The van der Waals surface area contributed by atoms with E-state index >= 15 is 0 Å². The molecule has 0 aliphatic heterocycles. The Hall–Kier alpha value is -2.08. The Kier molecular flexibility index (Phi) is 4.47. The Bertz CT molecular complexity index is 420. The highest BCUT2D eigenvalue weighted by molar-refractivity contribution is 6.01. The number of hydrogen-bond acceptors (Lipinski definition) is 4. The first-order chi connectivity index (χ1) is 8.10. The number of hydrazine groups is 1. The van der Waals surface area contributed by atoms with Gasteiger partial charge >= 0.3 is 0 Å². The van der Waals surface area contributed by atoms with Crippen LogP contribution in [0.25, 0.3) is 0 Å². The van der Waals surface area contributed by atoms with Crippen molar-refractivity contribution in [2.45, 2.75) is 19.4 Å². The summed E-state index contributed by atoms with van der Waals surface area (Å²) in [5, 5.41) is 2.56. The quantitative estimate of drug-likeness (QED) is 0.250. The van der Waals surface area contributed by atoms with E-state index in [4.69, 9.17) is 11.6 Å². The van der Waals surface area contributed by atoms with Gasteiger partial charge in [0.15, 0.2) is 0 Å². The van der Waals surface area contributed by atoms with Gasteiger partial charge in [-0.25, -0.2) is 5.84 Å². The zero-order valence-electron chi connectivity index (χ0n) is 9.57. The van der Waals surface area contributed by atoms with Crippen molar-refractivity contribution in [1.29, 1.82) is 0 Å². The number of carbonyl (C=O) groups is 2. The number of amides is 2. The monoisotopic (exact) mass is 236 g/mol. The predicted molar refractivity (Wildman–Crippen MR) is 64.7 cm³/mol. The molecule has 17 heavy (non-hydrogen) atoms. The van der Waals surface area contributed by atoms with Crippen molar-refractivity contribution in [1.82, 2.24) is 10.7 Å². The molecule has 0 spiro atoms. The zero-order valence-corrected chi connectivity index (χ0v) is 9.57. The number of rotatable bonds is 4. The molecule has 0 aliphatic rings. The first-order valence-electron chi connectivity index (χ1n) is 5.26. The number of nitrogens with one attached hydrogen (secondary N) is 2. The van der Waals surface area contributed by atoms with Gasteiger partial charge in [0.05, 0.1) is 5.56 Å². The molecule has 0 fully saturated rings. The van der Waals surface area contributed by atoms with E-state index in [1.165, 1.54) is 0 Å². The van der Waals surface area contributed by atoms with Crippen LogP contribution in [0.5, 0.6) is 0 Å². The molecule has 92 valence electrons. The second-order valence-corrected chi connectivity index (χ2v) is 3.53. The molecule has 0 saturated carbocycles. The van der Waals surface area contributed by atoms with Gasteiger partial charge in [-0.1, -0.05) is 19.1 Å². The van der Waals surface area contributed by atoms with Crippen LogP contribution in [0.1, 0.15) is 23.7 Å². The van der Waals surface area contributed by atoms with E-state index in [1.807, 2.05) is 5.43 Å². The molecule has 1 unspecified atom stereocenters. The summed E-state index contributed by atoms with van der Waals surface area (Å²) >= 11 is 0. The normalized spacial score (nSPS) is 11.6. The second-order valence-electron chi connectivity index (χ2n) is 3.53. The van der Waals surface area contributed by atoms with Crippen molar-refractivity contribution < 1.29 is 9.59 Å². The maximum absolute atomic E-state index is 11.8. The second kappa shape index (κ2) is 5.86. The summed E-state index contributed by atoms with van der Waals surface area (Å²) in [6.07, 6.45) is 0.446. The minimum atomic E-state index is -0.660. The zero-order chi connectivity index (χ0) is 12.8. The number of nitrogens with two attached hydrogens (primary N) is 2. The summed E-state index contributed by atoms with van der Waals surface area (Å²) in [5.41, 5.74) is 8.38. The largest absolute Gasteiger partial charge is 0.398 e. The van der Waals surface area contributed by atoms with Crippen molar-refractivity contribution in [3.63, 3.8) is 0 Å². The Balaban J connectivity index is 2.78. The topological polar surface area (TPSA) is 110 Å². The Labute approximate surface area is 99.3 Å². The first kappa shape index (κ1) is 13.0. The lowest BCUT2D eigenvalue weighted by atomic mass is 10.1. The van der Waals surface area contributed by atoms with Crippen LogP contribution in [0.15, 0.2) is 24.3 Å². The molecule has 6 heteroatoms. The van der Waals surface area contributed by atoms with Crippen LogP contribution in [0.4, 0.5) is 5.69 Å². The average molecular weight is 236 g/mol. The maximum Gasteiger partial charge on any atom is 0.256 e. The first-order valence-corrected chi connectivity index (χ1v) is 5.26. The van der Waals surface area contributed by atoms with Crippen LogP contribution in [0.2, 0.25) is 0 Å². The summed E-state index contributed by atoms with van der Waals surface area (Å²) in [5.74, 6) is 4.19. The Morgan fingerprint density at radius 1 is 1.35 bits per heavy atom. The summed E-state index contributed by atoms with van der Waals surface area (Å²) in [7, 11) is 0. The third-order valence-corrected chi connectivity index (χ3v) is 2.38. The molecule has 1 aromatic rings. The molecule has 0 aromatic heterocycles. The molecule has 1 aromatic carbocycles. The molecule has 0 saturated heterocycles. The molecule has 1 atom stereocenters. The van der Waals surface area contributed by atoms with E-state index in [0.29, 0.717) is 17.7 Å². The number of hydrogen-bond donors (Lipinski definition) is 4. The van der Waals surface area contributed by atoms with Crippen molar-refractivity contribution in [2.24, 2.45) is 5.84 Å². The SMILES string of the molecule is CCC(NC(=O)c1ccccc1N)C(=O)NN. The van der Waals surface area contributed by atoms with Gasteiger partial charge in [0.1, 0.15) is 6.04 Å². The molecule has 2 amide bonds. The number of carbonyl (C=O) groups excluding carboxylic acids is 2. The molecule has 0 radical (unpaired) electrons. The van der Waals surface area contributed by atoms with Crippen molar-refractivity contribution in [3.8, 4) is 0 Å². The summed E-state index contributed by atoms with van der Waals surface area (Å²) < 4.78 is 0. The van der Waals surface area contributed by atoms with Crippen molar-refractivity contribution >= 4 is 17.5 Å². The van der Waals surface area contributed by atoms with Gasteiger partial charge < -0.3 is 11.1 Å². The Morgan fingerprint density at radius 2 is 2.00 bits per heavy atom. The van der Waals surface area contributed by atoms with Crippen LogP contribution in [0.3, 0.4) is 0 Å². The number of nitrogen functional groups attached to an aromatic ring is 1. The molecule has 0 heterocycles. The van der Waals surface area contributed by atoms with E-state index in [1.54, 1.807) is 31.2 Å². The maximum atomic E-state index is 11.8. The lowest BCUT2D eigenvalue weighted by molar-refractivity contribution is -0.123. The number of para-hydroxylation sites is 1. The van der Waals surface area contributed by atoms with Crippen LogP contribution < -0.4 is 22.3 Å². The van der Waals surface area contributed by atoms with Crippen molar-refractivity contribution in [2.75, 3.05) is 5.73 Å². The van der Waals surface area contributed by atoms with E-state index in [9.17, 15) is 9.59 Å². The van der Waals surface area contributed by atoms with E-state index in [0.717, 1.165) is 0 Å². The average Bonchev–Trinajstić information content (AvgIpc) is 2.35. The fraction of sp³-hybridized carbons (Fsp3) is 0.273. The minimum absolute atomic E-state index is 0.343. The number of benzene rings is 1. The predicted octanol–water partition coefficient (Wildman–Crippen LogP) is -0.233. The standard InChI is InChI=1S/C11H16N4O2/c1-2-9(11(17)15-13)14-10(16)7-5-3-4-6-8(7)12/h3-6,9H,2,12-13H2,1H3,(H,14,16)(H,15,17). The van der Waals surface area contributed by atoms with Gasteiger partial charge in [0.2, 0.25) is 0 Å². The molecule has 0 bridgehead atoms. The third-order valence-electron chi connectivity index (χ3n) is 2.38. The van der Waals surface area contributed by atoms with E-state index < -0.39 is 17.9 Å². The van der Waals surface area contributed by atoms with Crippen LogP contribution in [-0.2, 0) is 4.79 Å². The smallest absolute Gasteiger partial charge is 0.256 e. The van der Waals surface area contributed by atoms with Crippen LogP contribution in [-0.4, -0.2) is 17.9 Å². The molecule has 6 N–H and O–H groups in total. The number of anilines is 1. The molecule has 0 aliphatic carbocycles. The highest BCUT2D eigenvalue weighted by atomic mass is 16.2. The van der Waals surface area contributed by atoms with Crippen LogP contribution >= 0.6 is 0 Å². The summed E-state index contributed by atoms with van der Waals surface area (Å²) in [6, 6.07) is 5.99. The third kappa shape index (κ3) is 3.18. The van der Waals surface area contributed by atoms with Gasteiger partial charge in [0, 0.05) is 5.69 Å². The molecule has 6 nitrogen and oxygen atoms in total.